The Labute approximate surface area is 220 Å². The predicted octanol–water partition coefficient (Wildman–Crippen LogP) is 6.17. The number of nitrogens with one attached hydrogen (secondary N) is 2. The highest BCUT2D eigenvalue weighted by molar-refractivity contribution is 6.31. The van der Waals surface area contributed by atoms with E-state index >= 15 is 0 Å². The van der Waals surface area contributed by atoms with Crippen molar-refractivity contribution in [2.45, 2.75) is 51.5 Å². The highest BCUT2D eigenvalue weighted by Gasteiger charge is 2.28. The second-order valence-corrected chi connectivity index (χ2v) is 10.2. The average molecular weight is 524 g/mol. The molecule has 1 fully saturated rings. The van der Waals surface area contributed by atoms with Crippen molar-refractivity contribution in [3.63, 3.8) is 0 Å². The first-order chi connectivity index (χ1) is 17.8. The minimum atomic E-state index is -0.477. The first-order valence-corrected chi connectivity index (χ1v) is 13.0. The zero-order valence-corrected chi connectivity index (χ0v) is 22.2. The molecule has 194 valence electrons. The maximum Gasteiger partial charge on any atom is 0.222 e. The standard InChI is InChI=1S/C28H31ClFN5O2/c1-15(25-24(37-4)10-9-23(30)26(25)29)21-13-33-27-20(21)11-18(12-32-27)22-14-35(34-16(22)2)19-7-5-17(6-8-19)28(36)31-3/h9-15,17,19H,5-8H2,1-4H3,(H,31,36)(H,32,33)/t15-,17?,19?/m0/s1. The van der Waals surface area contributed by atoms with E-state index in [1.54, 1.807) is 20.2 Å². The van der Waals surface area contributed by atoms with Crippen molar-refractivity contribution in [1.29, 1.82) is 0 Å². The molecule has 0 saturated heterocycles. The molecule has 0 aliphatic heterocycles. The molecule has 3 heterocycles. The molecule has 3 aromatic heterocycles. The summed E-state index contributed by atoms with van der Waals surface area (Å²) in [4.78, 5) is 19.9. The minimum absolute atomic E-state index is 0.0635. The van der Waals surface area contributed by atoms with Gasteiger partial charge in [-0.25, -0.2) is 9.37 Å². The smallest absolute Gasteiger partial charge is 0.222 e. The van der Waals surface area contributed by atoms with E-state index in [2.05, 4.69) is 27.5 Å². The molecule has 1 amide bonds. The monoisotopic (exact) mass is 523 g/mol. The zero-order valence-electron chi connectivity index (χ0n) is 21.4. The summed E-state index contributed by atoms with van der Waals surface area (Å²) in [6, 6.07) is 5.29. The fraction of sp³-hybridized carbons (Fsp3) is 0.393. The molecule has 0 spiro atoms. The Morgan fingerprint density at radius 1 is 1.30 bits per heavy atom. The summed E-state index contributed by atoms with van der Waals surface area (Å²) in [5.41, 5.74) is 5.20. The molecule has 1 atom stereocenters. The Morgan fingerprint density at radius 2 is 2.05 bits per heavy atom. The molecule has 9 heteroatoms. The van der Waals surface area contributed by atoms with E-state index in [1.807, 2.05) is 30.9 Å². The van der Waals surface area contributed by atoms with Crippen LogP contribution >= 0.6 is 11.6 Å². The summed E-state index contributed by atoms with van der Waals surface area (Å²) in [5.74, 6) is 0.0475. The maximum absolute atomic E-state index is 14.3. The fourth-order valence-corrected chi connectivity index (χ4v) is 5.89. The van der Waals surface area contributed by atoms with Crippen LogP contribution in [0.15, 0.2) is 36.8 Å². The molecule has 1 aliphatic carbocycles. The first-order valence-electron chi connectivity index (χ1n) is 12.6. The van der Waals surface area contributed by atoms with Gasteiger partial charge in [-0.2, -0.15) is 5.10 Å². The SMILES string of the molecule is CNC(=O)C1CCC(n2cc(-c3cnc4[nH]cc([C@H](C)c5c(OC)ccc(F)c5Cl)c4c3)c(C)n2)CC1. The van der Waals surface area contributed by atoms with Crippen LogP contribution in [0.2, 0.25) is 5.02 Å². The van der Waals surface area contributed by atoms with E-state index in [1.165, 1.54) is 6.07 Å². The van der Waals surface area contributed by atoms with Crippen LogP contribution in [-0.4, -0.2) is 39.8 Å². The lowest BCUT2D eigenvalue weighted by Crippen LogP contribution is -2.31. The van der Waals surface area contributed by atoms with Gasteiger partial charge in [0, 0.05) is 59.6 Å². The van der Waals surface area contributed by atoms with Crippen LogP contribution in [0.3, 0.4) is 0 Å². The molecule has 2 N–H and O–H groups in total. The van der Waals surface area contributed by atoms with Gasteiger partial charge in [0.2, 0.25) is 5.91 Å². The number of carbonyl (C=O) groups is 1. The van der Waals surface area contributed by atoms with Crippen LogP contribution in [0.1, 0.15) is 61.4 Å². The second kappa shape index (κ2) is 10.2. The van der Waals surface area contributed by atoms with Gasteiger partial charge in [-0.1, -0.05) is 18.5 Å². The van der Waals surface area contributed by atoms with Crippen LogP contribution < -0.4 is 10.1 Å². The van der Waals surface area contributed by atoms with Gasteiger partial charge in [-0.15, -0.1) is 0 Å². The van der Waals surface area contributed by atoms with Crippen molar-refractivity contribution in [3.8, 4) is 16.9 Å². The van der Waals surface area contributed by atoms with Crippen molar-refractivity contribution < 1.29 is 13.9 Å². The molecule has 0 bridgehead atoms. The van der Waals surface area contributed by atoms with Crippen molar-refractivity contribution >= 4 is 28.5 Å². The number of halogens is 2. The van der Waals surface area contributed by atoms with Gasteiger partial charge in [-0.3, -0.25) is 9.48 Å². The van der Waals surface area contributed by atoms with Crippen molar-refractivity contribution in [1.82, 2.24) is 25.1 Å². The molecule has 1 aliphatic rings. The van der Waals surface area contributed by atoms with E-state index in [0.717, 1.165) is 59.1 Å². The number of pyridine rings is 1. The van der Waals surface area contributed by atoms with Gasteiger partial charge in [0.1, 0.15) is 17.2 Å². The molecule has 7 nitrogen and oxygen atoms in total. The van der Waals surface area contributed by atoms with Gasteiger partial charge >= 0.3 is 0 Å². The van der Waals surface area contributed by atoms with Gasteiger partial charge in [-0.05, 0) is 56.4 Å². The molecule has 0 unspecified atom stereocenters. The van der Waals surface area contributed by atoms with Crippen LogP contribution in [-0.2, 0) is 4.79 Å². The van der Waals surface area contributed by atoms with Gasteiger partial charge in [0.25, 0.3) is 0 Å². The first kappa shape index (κ1) is 25.3. The number of hydrogen-bond donors (Lipinski definition) is 2. The Balaban J connectivity index is 1.46. The fourth-order valence-electron chi connectivity index (χ4n) is 5.57. The van der Waals surface area contributed by atoms with E-state index in [-0.39, 0.29) is 28.8 Å². The number of aromatic nitrogens is 4. The summed E-state index contributed by atoms with van der Waals surface area (Å²) < 4.78 is 21.9. The number of amides is 1. The molecule has 1 aromatic carbocycles. The highest BCUT2D eigenvalue weighted by Crippen LogP contribution is 2.41. The summed E-state index contributed by atoms with van der Waals surface area (Å²) in [6.07, 6.45) is 9.40. The van der Waals surface area contributed by atoms with Crippen LogP contribution in [0.25, 0.3) is 22.2 Å². The minimum Gasteiger partial charge on any atom is -0.496 e. The third-order valence-corrected chi connectivity index (χ3v) is 8.07. The van der Waals surface area contributed by atoms with Crippen molar-refractivity contribution in [2.75, 3.05) is 14.2 Å². The number of rotatable bonds is 6. The number of carbonyl (C=O) groups excluding carboxylic acids is 1. The number of methoxy groups -OCH3 is 1. The van der Waals surface area contributed by atoms with Gasteiger partial charge in [0.15, 0.2) is 0 Å². The van der Waals surface area contributed by atoms with E-state index in [9.17, 15) is 9.18 Å². The lowest BCUT2D eigenvalue weighted by molar-refractivity contribution is -0.125. The number of hydrogen-bond acceptors (Lipinski definition) is 4. The number of benzene rings is 1. The van der Waals surface area contributed by atoms with Crippen LogP contribution in [0.5, 0.6) is 5.75 Å². The number of H-pyrrole nitrogens is 1. The third kappa shape index (κ3) is 4.59. The maximum atomic E-state index is 14.3. The molecule has 1 saturated carbocycles. The Morgan fingerprint density at radius 3 is 2.76 bits per heavy atom. The Bertz CT molecular complexity index is 1450. The topological polar surface area (TPSA) is 84.8 Å². The molecule has 4 aromatic rings. The summed E-state index contributed by atoms with van der Waals surface area (Å²) in [7, 11) is 3.25. The van der Waals surface area contributed by atoms with E-state index in [4.69, 9.17) is 21.4 Å². The van der Waals surface area contributed by atoms with Crippen LogP contribution in [0.4, 0.5) is 4.39 Å². The molecule has 0 radical (unpaired) electrons. The number of aromatic amines is 1. The second-order valence-electron chi connectivity index (χ2n) is 9.79. The number of ether oxygens (including phenoxy) is 1. The molecular formula is C28H31ClFN5O2. The highest BCUT2D eigenvalue weighted by atomic mass is 35.5. The Kier molecular flexibility index (Phi) is 6.94. The lowest BCUT2D eigenvalue weighted by atomic mass is 9.85. The van der Waals surface area contributed by atoms with Gasteiger partial charge < -0.3 is 15.0 Å². The number of nitrogens with zero attached hydrogens (tertiary/aromatic N) is 3. The van der Waals surface area contributed by atoms with Crippen LogP contribution in [0, 0.1) is 18.7 Å². The average Bonchev–Trinajstić information content (AvgIpc) is 3.52. The summed E-state index contributed by atoms with van der Waals surface area (Å²) in [5, 5.41) is 8.59. The predicted molar refractivity (Wildman–Crippen MR) is 143 cm³/mol. The largest absolute Gasteiger partial charge is 0.496 e. The normalized spacial score (nSPS) is 18.6. The molecule has 5 rings (SSSR count). The van der Waals surface area contributed by atoms with Crippen molar-refractivity contribution in [3.05, 3.63) is 64.5 Å². The van der Waals surface area contributed by atoms with Crippen molar-refractivity contribution in [2.24, 2.45) is 5.92 Å². The van der Waals surface area contributed by atoms with Gasteiger partial charge in [0.05, 0.1) is 23.9 Å². The summed E-state index contributed by atoms with van der Waals surface area (Å²) >= 11 is 6.39. The lowest BCUT2D eigenvalue weighted by Gasteiger charge is -2.27. The Hall–Kier alpha value is -3.39. The molecular weight excluding hydrogens is 493 g/mol. The number of fused-ring (bicyclic) bond motifs is 1. The quantitative estimate of drug-likeness (QED) is 0.317. The van der Waals surface area contributed by atoms with E-state index in [0.29, 0.717) is 11.3 Å². The molecule has 37 heavy (non-hydrogen) atoms. The zero-order chi connectivity index (χ0) is 26.3. The third-order valence-electron chi connectivity index (χ3n) is 7.69. The number of aryl methyl sites for hydroxylation is 1. The summed E-state index contributed by atoms with van der Waals surface area (Å²) in [6.45, 7) is 3.99. The van der Waals surface area contributed by atoms with E-state index < -0.39 is 5.82 Å².